The van der Waals surface area contributed by atoms with Crippen molar-refractivity contribution in [3.05, 3.63) is 58.9 Å². The van der Waals surface area contributed by atoms with Crippen molar-refractivity contribution in [2.75, 3.05) is 11.4 Å². The molecule has 1 unspecified atom stereocenters. The molecule has 1 N–H and O–H groups in total. The fourth-order valence-corrected chi connectivity index (χ4v) is 2.49. The van der Waals surface area contributed by atoms with Gasteiger partial charge in [-0.25, -0.2) is 4.39 Å². The molecule has 106 valence electrons. The third-order valence-electron chi connectivity index (χ3n) is 3.20. The number of anilines is 2. The summed E-state index contributed by atoms with van der Waals surface area (Å²) < 4.78 is 13.0. The van der Waals surface area contributed by atoms with Gasteiger partial charge in [-0.1, -0.05) is 17.7 Å². The van der Waals surface area contributed by atoms with Crippen LogP contribution in [0.15, 0.2) is 42.5 Å². The van der Waals surface area contributed by atoms with Crippen LogP contribution in [0.1, 0.15) is 25.5 Å². The van der Waals surface area contributed by atoms with E-state index in [1.807, 2.05) is 30.0 Å². The van der Waals surface area contributed by atoms with E-state index in [4.69, 9.17) is 11.6 Å². The molecule has 0 bridgehead atoms. The van der Waals surface area contributed by atoms with Crippen molar-refractivity contribution < 1.29 is 9.50 Å². The van der Waals surface area contributed by atoms with E-state index in [1.165, 1.54) is 12.1 Å². The van der Waals surface area contributed by atoms with Gasteiger partial charge in [-0.05, 0) is 55.8 Å². The number of nitrogens with zero attached hydrogens (tertiary/aromatic N) is 1. The minimum absolute atomic E-state index is 0.257. The first-order valence-electron chi connectivity index (χ1n) is 6.53. The van der Waals surface area contributed by atoms with Crippen molar-refractivity contribution in [3.63, 3.8) is 0 Å². The Morgan fingerprint density at radius 3 is 2.25 bits per heavy atom. The highest BCUT2D eigenvalue weighted by Crippen LogP contribution is 2.31. The van der Waals surface area contributed by atoms with Gasteiger partial charge in [0.2, 0.25) is 0 Å². The van der Waals surface area contributed by atoms with Gasteiger partial charge in [0.15, 0.2) is 0 Å². The van der Waals surface area contributed by atoms with Crippen molar-refractivity contribution in [1.82, 2.24) is 0 Å². The van der Waals surface area contributed by atoms with Crippen LogP contribution in [0.25, 0.3) is 0 Å². The van der Waals surface area contributed by atoms with Gasteiger partial charge in [0, 0.05) is 22.9 Å². The Kier molecular flexibility index (Phi) is 4.63. The van der Waals surface area contributed by atoms with Crippen LogP contribution in [0, 0.1) is 5.82 Å². The van der Waals surface area contributed by atoms with Crippen molar-refractivity contribution in [2.24, 2.45) is 0 Å². The molecular formula is C16H17ClFNO. The highest BCUT2D eigenvalue weighted by molar-refractivity contribution is 6.31. The standard InChI is InChI=1S/C16H17ClFNO/c1-3-19(13-6-4-12(18)5-7-13)14-8-9-15(11(2)20)16(17)10-14/h4-11,20H,3H2,1-2H3. The van der Waals surface area contributed by atoms with Crippen LogP contribution in [0.5, 0.6) is 0 Å². The number of aliphatic hydroxyl groups excluding tert-OH is 1. The predicted octanol–water partition coefficient (Wildman–Crippen LogP) is 4.69. The van der Waals surface area contributed by atoms with E-state index in [2.05, 4.69) is 0 Å². The lowest BCUT2D eigenvalue weighted by Crippen LogP contribution is -2.16. The van der Waals surface area contributed by atoms with Crippen LogP contribution in [0.3, 0.4) is 0 Å². The van der Waals surface area contributed by atoms with Crippen LogP contribution in [-0.4, -0.2) is 11.7 Å². The van der Waals surface area contributed by atoms with Gasteiger partial charge in [-0.3, -0.25) is 0 Å². The molecule has 0 amide bonds. The minimum Gasteiger partial charge on any atom is -0.389 e. The number of hydrogen-bond acceptors (Lipinski definition) is 2. The molecule has 2 aromatic rings. The molecule has 4 heteroatoms. The van der Waals surface area contributed by atoms with Crippen LogP contribution in [-0.2, 0) is 0 Å². The number of halogens is 2. The molecule has 0 saturated heterocycles. The van der Waals surface area contributed by atoms with Crippen molar-refractivity contribution in [3.8, 4) is 0 Å². The minimum atomic E-state index is -0.600. The van der Waals surface area contributed by atoms with E-state index < -0.39 is 6.10 Å². The lowest BCUT2D eigenvalue weighted by atomic mass is 10.1. The third-order valence-corrected chi connectivity index (χ3v) is 3.53. The Hall–Kier alpha value is -1.58. The lowest BCUT2D eigenvalue weighted by molar-refractivity contribution is 0.199. The average Bonchev–Trinajstić information content (AvgIpc) is 2.41. The Morgan fingerprint density at radius 1 is 1.15 bits per heavy atom. The van der Waals surface area contributed by atoms with E-state index in [1.54, 1.807) is 19.1 Å². The second-order valence-electron chi connectivity index (χ2n) is 4.60. The zero-order valence-electron chi connectivity index (χ0n) is 11.5. The maximum absolute atomic E-state index is 13.0. The number of hydrogen-bond donors (Lipinski definition) is 1. The number of aliphatic hydroxyl groups is 1. The smallest absolute Gasteiger partial charge is 0.123 e. The first kappa shape index (κ1) is 14.8. The van der Waals surface area contributed by atoms with Gasteiger partial charge in [-0.2, -0.15) is 0 Å². The molecule has 20 heavy (non-hydrogen) atoms. The maximum atomic E-state index is 13.0. The summed E-state index contributed by atoms with van der Waals surface area (Å²) in [5, 5.41) is 10.1. The largest absolute Gasteiger partial charge is 0.389 e. The Labute approximate surface area is 123 Å². The molecule has 0 radical (unpaired) electrons. The van der Waals surface area contributed by atoms with Gasteiger partial charge in [0.05, 0.1) is 6.10 Å². The van der Waals surface area contributed by atoms with Gasteiger partial charge in [0.1, 0.15) is 5.82 Å². The molecule has 0 spiro atoms. The molecule has 1 atom stereocenters. The molecule has 0 aliphatic heterocycles. The van der Waals surface area contributed by atoms with Crippen molar-refractivity contribution >= 4 is 23.0 Å². The summed E-state index contributed by atoms with van der Waals surface area (Å²) in [4.78, 5) is 2.02. The molecule has 2 aromatic carbocycles. The average molecular weight is 294 g/mol. The summed E-state index contributed by atoms with van der Waals surface area (Å²) >= 11 is 6.19. The van der Waals surface area contributed by atoms with Gasteiger partial charge >= 0.3 is 0 Å². The van der Waals surface area contributed by atoms with Crippen LogP contribution in [0.4, 0.5) is 15.8 Å². The van der Waals surface area contributed by atoms with Gasteiger partial charge < -0.3 is 10.0 Å². The molecule has 2 nitrogen and oxygen atoms in total. The molecule has 0 heterocycles. The number of rotatable bonds is 4. The molecular weight excluding hydrogens is 277 g/mol. The second kappa shape index (κ2) is 6.25. The Morgan fingerprint density at radius 2 is 1.75 bits per heavy atom. The van der Waals surface area contributed by atoms with Gasteiger partial charge in [-0.15, -0.1) is 0 Å². The van der Waals surface area contributed by atoms with Crippen LogP contribution >= 0.6 is 11.6 Å². The molecule has 2 rings (SSSR count). The number of benzene rings is 2. The SMILES string of the molecule is CCN(c1ccc(F)cc1)c1ccc(C(C)O)c(Cl)c1. The zero-order chi connectivity index (χ0) is 14.7. The molecule has 0 aliphatic carbocycles. The Balaban J connectivity index is 2.37. The highest BCUT2D eigenvalue weighted by atomic mass is 35.5. The van der Waals surface area contributed by atoms with E-state index in [-0.39, 0.29) is 5.82 Å². The summed E-state index contributed by atoms with van der Waals surface area (Å²) in [7, 11) is 0. The summed E-state index contributed by atoms with van der Waals surface area (Å²) in [5.41, 5.74) is 2.51. The molecule has 0 aromatic heterocycles. The van der Waals surface area contributed by atoms with Crippen LogP contribution in [0.2, 0.25) is 5.02 Å². The maximum Gasteiger partial charge on any atom is 0.123 e. The molecule has 0 aliphatic rings. The van der Waals surface area contributed by atoms with Crippen molar-refractivity contribution in [1.29, 1.82) is 0 Å². The van der Waals surface area contributed by atoms with Crippen molar-refractivity contribution in [2.45, 2.75) is 20.0 Å². The quantitative estimate of drug-likeness (QED) is 0.884. The molecule has 0 fully saturated rings. The normalized spacial score (nSPS) is 12.2. The predicted molar refractivity (Wildman–Crippen MR) is 81.2 cm³/mol. The first-order valence-corrected chi connectivity index (χ1v) is 6.91. The fraction of sp³-hybridized carbons (Fsp3) is 0.250. The monoisotopic (exact) mass is 293 g/mol. The third kappa shape index (κ3) is 3.11. The van der Waals surface area contributed by atoms with Gasteiger partial charge in [0.25, 0.3) is 0 Å². The van der Waals surface area contributed by atoms with E-state index in [0.29, 0.717) is 10.6 Å². The van der Waals surface area contributed by atoms with E-state index in [0.717, 1.165) is 17.9 Å². The molecule has 0 saturated carbocycles. The van der Waals surface area contributed by atoms with E-state index >= 15 is 0 Å². The second-order valence-corrected chi connectivity index (χ2v) is 5.01. The summed E-state index contributed by atoms with van der Waals surface area (Å²) in [6.07, 6.45) is -0.600. The lowest BCUT2D eigenvalue weighted by Gasteiger charge is -2.24. The summed E-state index contributed by atoms with van der Waals surface area (Å²) in [6.45, 7) is 4.42. The zero-order valence-corrected chi connectivity index (χ0v) is 12.2. The summed E-state index contributed by atoms with van der Waals surface area (Å²) in [6, 6.07) is 11.9. The first-order chi connectivity index (χ1) is 9.52. The topological polar surface area (TPSA) is 23.5 Å². The van der Waals surface area contributed by atoms with Crippen LogP contribution < -0.4 is 4.90 Å². The summed E-state index contributed by atoms with van der Waals surface area (Å²) in [5.74, 6) is -0.257. The highest BCUT2D eigenvalue weighted by Gasteiger charge is 2.12. The Bertz CT molecular complexity index is 584. The fourth-order valence-electron chi connectivity index (χ4n) is 2.16. The van der Waals surface area contributed by atoms with E-state index in [9.17, 15) is 9.50 Å².